The van der Waals surface area contributed by atoms with Crippen molar-refractivity contribution in [3.8, 4) is 5.75 Å². The molecule has 1 heterocycles. The van der Waals surface area contributed by atoms with Gasteiger partial charge in [0.15, 0.2) is 0 Å². The van der Waals surface area contributed by atoms with Crippen LogP contribution in [0.4, 0.5) is 5.69 Å². The van der Waals surface area contributed by atoms with E-state index in [9.17, 15) is 15.2 Å². The molecule has 1 aliphatic heterocycles. The highest BCUT2D eigenvalue weighted by atomic mass is 35.5. The van der Waals surface area contributed by atoms with Crippen molar-refractivity contribution in [1.82, 2.24) is 4.90 Å². The number of nitro groups is 1. The highest BCUT2D eigenvalue weighted by Gasteiger charge is 2.53. The van der Waals surface area contributed by atoms with Gasteiger partial charge in [0.05, 0.1) is 4.92 Å². The largest absolute Gasteiger partial charge is 0.508 e. The predicted molar refractivity (Wildman–Crippen MR) is 119 cm³/mol. The lowest BCUT2D eigenvalue weighted by Gasteiger charge is -2.59. The van der Waals surface area contributed by atoms with Crippen LogP contribution in [0.5, 0.6) is 5.75 Å². The van der Waals surface area contributed by atoms with E-state index < -0.39 is 0 Å². The number of phenolic OH excluding ortho intramolecular Hbond substituents is 1. The van der Waals surface area contributed by atoms with Crippen LogP contribution in [-0.2, 0) is 18.3 Å². The molecule has 1 saturated carbocycles. The molecule has 2 aromatic carbocycles. The van der Waals surface area contributed by atoms with E-state index in [2.05, 4.69) is 17.0 Å². The number of aromatic hydroxyl groups is 1. The number of phenols is 1. The Hall–Kier alpha value is -2.11. The van der Waals surface area contributed by atoms with Gasteiger partial charge < -0.3 is 5.11 Å². The minimum atomic E-state index is -0.339. The first-order valence-electron chi connectivity index (χ1n) is 10.9. The molecule has 0 spiro atoms. The molecule has 1 saturated heterocycles. The Bertz CT molecular complexity index is 933. The lowest BCUT2D eigenvalue weighted by atomic mass is 9.52. The average Bonchev–Trinajstić information content (AvgIpc) is 2.74. The second-order valence-electron chi connectivity index (χ2n) is 9.08. The van der Waals surface area contributed by atoms with E-state index in [1.807, 2.05) is 18.2 Å². The van der Waals surface area contributed by atoms with Crippen molar-refractivity contribution in [2.45, 2.75) is 56.4 Å². The third-order valence-corrected chi connectivity index (χ3v) is 7.77. The average molecular weight is 429 g/mol. The lowest BCUT2D eigenvalue weighted by molar-refractivity contribution is -0.384. The highest BCUT2D eigenvalue weighted by Crippen LogP contribution is 2.56. The molecule has 2 fully saturated rings. The number of rotatable bonds is 4. The van der Waals surface area contributed by atoms with Crippen LogP contribution in [0.3, 0.4) is 0 Å². The molecule has 2 aliphatic carbocycles. The number of nitro benzene ring substituents is 1. The maximum atomic E-state index is 10.9. The van der Waals surface area contributed by atoms with Gasteiger partial charge in [0.2, 0.25) is 0 Å². The molecule has 3 atom stereocenters. The summed E-state index contributed by atoms with van der Waals surface area (Å²) in [5.41, 5.74) is 4.42. The molecule has 30 heavy (non-hydrogen) atoms. The predicted octanol–water partition coefficient (Wildman–Crippen LogP) is 5.02. The summed E-state index contributed by atoms with van der Waals surface area (Å²) in [6.07, 6.45) is 8.31. The standard InChI is InChI=1S/C24H28N2O3.ClH/c27-20-9-6-18-15-23-21-3-1-2-11-24(21,22(18)16-20)12-14-25(23)13-10-17-4-7-19(8-5-17)26(28)29;/h4-9,16,21,23,27H,1-3,10-15H2;1H/t21-,23+,24+;/m0./s1. The van der Waals surface area contributed by atoms with Gasteiger partial charge in [0, 0.05) is 30.1 Å². The second-order valence-corrected chi connectivity index (χ2v) is 9.08. The summed E-state index contributed by atoms with van der Waals surface area (Å²) >= 11 is 0. The molecule has 0 radical (unpaired) electrons. The minimum absolute atomic E-state index is 0. The summed E-state index contributed by atoms with van der Waals surface area (Å²) in [7, 11) is 0. The van der Waals surface area contributed by atoms with Gasteiger partial charge in [-0.15, -0.1) is 12.4 Å². The van der Waals surface area contributed by atoms with Crippen LogP contribution in [-0.4, -0.2) is 34.1 Å². The van der Waals surface area contributed by atoms with Crippen molar-refractivity contribution in [2.24, 2.45) is 5.92 Å². The maximum absolute atomic E-state index is 10.9. The van der Waals surface area contributed by atoms with Crippen molar-refractivity contribution in [1.29, 1.82) is 0 Å². The molecule has 0 unspecified atom stereocenters. The fraction of sp³-hybridized carbons (Fsp3) is 0.500. The quantitative estimate of drug-likeness (QED) is 0.548. The van der Waals surface area contributed by atoms with Gasteiger partial charge in [-0.05, 0) is 73.4 Å². The molecule has 3 aliphatic rings. The van der Waals surface area contributed by atoms with E-state index in [4.69, 9.17) is 0 Å². The van der Waals surface area contributed by atoms with Gasteiger partial charge in [-0.3, -0.25) is 15.0 Å². The van der Waals surface area contributed by atoms with Gasteiger partial charge >= 0.3 is 0 Å². The Morgan fingerprint density at radius 1 is 1.13 bits per heavy atom. The molecular formula is C24H29ClN2O3. The summed E-state index contributed by atoms with van der Waals surface area (Å²) in [4.78, 5) is 13.2. The minimum Gasteiger partial charge on any atom is -0.508 e. The van der Waals surface area contributed by atoms with Crippen molar-refractivity contribution in [2.75, 3.05) is 13.1 Å². The number of piperidine rings is 1. The van der Waals surface area contributed by atoms with Crippen LogP contribution in [0.2, 0.25) is 0 Å². The van der Waals surface area contributed by atoms with Gasteiger partial charge in [0.25, 0.3) is 5.69 Å². The number of likely N-dealkylation sites (tertiary alicyclic amines) is 1. The molecule has 0 aromatic heterocycles. The number of hydrogen-bond acceptors (Lipinski definition) is 4. The third kappa shape index (κ3) is 3.48. The zero-order valence-electron chi connectivity index (χ0n) is 17.1. The normalized spacial score (nSPS) is 27.5. The van der Waals surface area contributed by atoms with E-state index in [1.165, 1.54) is 43.2 Å². The van der Waals surface area contributed by atoms with E-state index >= 15 is 0 Å². The van der Waals surface area contributed by atoms with Crippen LogP contribution in [0.15, 0.2) is 42.5 Å². The van der Waals surface area contributed by atoms with E-state index in [0.29, 0.717) is 17.7 Å². The maximum Gasteiger partial charge on any atom is 0.269 e. The molecule has 5 nitrogen and oxygen atoms in total. The van der Waals surface area contributed by atoms with Crippen molar-refractivity contribution < 1.29 is 10.0 Å². The van der Waals surface area contributed by atoms with Crippen LogP contribution in [0.25, 0.3) is 0 Å². The van der Waals surface area contributed by atoms with Crippen molar-refractivity contribution in [3.05, 3.63) is 69.3 Å². The fourth-order valence-corrected chi connectivity index (χ4v) is 6.41. The SMILES string of the molecule is Cl.O=[N+]([O-])c1ccc(CCN2CC[C@]34CCCC[C@H]3[C@H]2Cc2ccc(O)cc24)cc1. The first-order chi connectivity index (χ1) is 14.1. The van der Waals surface area contributed by atoms with E-state index in [0.717, 1.165) is 31.5 Å². The van der Waals surface area contributed by atoms with Gasteiger partial charge in [-0.25, -0.2) is 0 Å². The summed E-state index contributed by atoms with van der Waals surface area (Å²) in [5.74, 6) is 1.08. The van der Waals surface area contributed by atoms with Crippen LogP contribution in [0, 0.1) is 16.0 Å². The molecule has 5 rings (SSSR count). The smallest absolute Gasteiger partial charge is 0.269 e. The molecule has 2 bridgehead atoms. The van der Waals surface area contributed by atoms with E-state index in [-0.39, 0.29) is 28.4 Å². The lowest BCUT2D eigenvalue weighted by Crippen LogP contribution is -2.61. The Balaban J connectivity index is 0.00000218. The number of non-ortho nitro benzene ring substituents is 1. The number of hydrogen-bond donors (Lipinski definition) is 1. The zero-order chi connectivity index (χ0) is 20.0. The number of fused-ring (bicyclic) bond motifs is 1. The van der Waals surface area contributed by atoms with Gasteiger partial charge in [0.1, 0.15) is 5.75 Å². The topological polar surface area (TPSA) is 66.6 Å². The molecule has 1 N–H and O–H groups in total. The summed E-state index contributed by atoms with van der Waals surface area (Å²) in [6.45, 7) is 2.10. The van der Waals surface area contributed by atoms with Crippen LogP contribution < -0.4 is 0 Å². The molecule has 2 aromatic rings. The third-order valence-electron chi connectivity index (χ3n) is 7.77. The molecular weight excluding hydrogens is 400 g/mol. The van der Waals surface area contributed by atoms with Gasteiger partial charge in [-0.2, -0.15) is 0 Å². The highest BCUT2D eigenvalue weighted by molar-refractivity contribution is 5.85. The molecule has 6 heteroatoms. The van der Waals surface area contributed by atoms with Crippen molar-refractivity contribution in [3.63, 3.8) is 0 Å². The Morgan fingerprint density at radius 3 is 2.70 bits per heavy atom. The first kappa shape index (κ1) is 21.1. The zero-order valence-corrected chi connectivity index (χ0v) is 17.9. The van der Waals surface area contributed by atoms with E-state index in [1.54, 1.807) is 12.1 Å². The van der Waals surface area contributed by atoms with Crippen LogP contribution >= 0.6 is 12.4 Å². The monoisotopic (exact) mass is 428 g/mol. The Labute approximate surface area is 183 Å². The first-order valence-corrected chi connectivity index (χ1v) is 10.9. The molecule has 160 valence electrons. The number of nitrogens with zero attached hydrogens (tertiary/aromatic N) is 2. The fourth-order valence-electron chi connectivity index (χ4n) is 6.41. The molecule has 0 amide bonds. The summed E-state index contributed by atoms with van der Waals surface area (Å²) in [5, 5.41) is 21.0. The summed E-state index contributed by atoms with van der Waals surface area (Å²) in [6, 6.07) is 13.6. The Kier molecular flexibility index (Phi) is 5.78. The Morgan fingerprint density at radius 2 is 1.93 bits per heavy atom. The second kappa shape index (κ2) is 8.20. The van der Waals surface area contributed by atoms with Gasteiger partial charge in [-0.1, -0.05) is 31.0 Å². The number of halogens is 1. The van der Waals surface area contributed by atoms with Crippen molar-refractivity contribution >= 4 is 18.1 Å². The summed E-state index contributed by atoms with van der Waals surface area (Å²) < 4.78 is 0. The number of benzene rings is 2. The van der Waals surface area contributed by atoms with Crippen LogP contribution in [0.1, 0.15) is 48.8 Å².